The van der Waals surface area contributed by atoms with Gasteiger partial charge in [-0.2, -0.15) is 0 Å². The quantitative estimate of drug-likeness (QED) is 0.816. The molecule has 0 aromatic heterocycles. The monoisotopic (exact) mass is 251 g/mol. The molecule has 1 aromatic rings. The Labute approximate surface area is 105 Å². The van der Waals surface area contributed by atoms with Crippen LogP contribution in [-0.4, -0.2) is 31.7 Å². The van der Waals surface area contributed by atoms with E-state index in [1.807, 2.05) is 18.4 Å². The molecular weight excluding hydrogens is 236 g/mol. The van der Waals surface area contributed by atoms with Crippen LogP contribution in [-0.2, 0) is 4.74 Å². The maximum Gasteiger partial charge on any atom is 0.159 e. The molecule has 1 heterocycles. The lowest BCUT2D eigenvalue weighted by molar-refractivity contribution is 0.173. The van der Waals surface area contributed by atoms with Crippen molar-refractivity contribution < 1.29 is 13.5 Å². The summed E-state index contributed by atoms with van der Waals surface area (Å²) in [7, 11) is 1.66. The average molecular weight is 251 g/mol. The number of allylic oxidation sites excluding steroid dienone is 2. The highest BCUT2D eigenvalue weighted by molar-refractivity contribution is 5.74. The Morgan fingerprint density at radius 1 is 1.28 bits per heavy atom. The maximum absolute atomic E-state index is 13.1. The van der Waals surface area contributed by atoms with E-state index < -0.39 is 11.6 Å². The summed E-state index contributed by atoms with van der Waals surface area (Å²) in [5, 5.41) is 0. The van der Waals surface area contributed by atoms with Gasteiger partial charge in [0.25, 0.3) is 0 Å². The van der Waals surface area contributed by atoms with Crippen LogP contribution in [0.25, 0.3) is 5.57 Å². The molecule has 0 atom stereocenters. The molecule has 0 unspecified atom stereocenters. The van der Waals surface area contributed by atoms with E-state index in [0.29, 0.717) is 12.2 Å². The molecule has 0 N–H and O–H groups in total. The van der Waals surface area contributed by atoms with E-state index in [4.69, 9.17) is 4.74 Å². The lowest BCUT2D eigenvalue weighted by Crippen LogP contribution is -2.23. The molecule has 0 amide bonds. The van der Waals surface area contributed by atoms with Crippen molar-refractivity contribution in [2.45, 2.75) is 0 Å². The van der Waals surface area contributed by atoms with Gasteiger partial charge in [-0.15, -0.1) is 0 Å². The minimum Gasteiger partial charge on any atom is -0.383 e. The van der Waals surface area contributed by atoms with Crippen LogP contribution in [0.15, 0.2) is 36.6 Å². The first kappa shape index (κ1) is 12.8. The minimum atomic E-state index is -0.819. The molecule has 0 spiro atoms. The van der Waals surface area contributed by atoms with E-state index in [1.165, 1.54) is 6.07 Å². The topological polar surface area (TPSA) is 12.5 Å². The second-order valence-corrected chi connectivity index (χ2v) is 4.09. The van der Waals surface area contributed by atoms with E-state index in [2.05, 4.69) is 4.90 Å². The van der Waals surface area contributed by atoms with Crippen molar-refractivity contribution in [3.63, 3.8) is 0 Å². The third-order valence-corrected chi connectivity index (χ3v) is 2.85. The van der Waals surface area contributed by atoms with Gasteiger partial charge in [-0.25, -0.2) is 8.78 Å². The summed E-state index contributed by atoms with van der Waals surface area (Å²) in [6.45, 7) is 2.22. The van der Waals surface area contributed by atoms with Gasteiger partial charge in [0.1, 0.15) is 0 Å². The van der Waals surface area contributed by atoms with Crippen molar-refractivity contribution in [2.24, 2.45) is 0 Å². The lowest BCUT2D eigenvalue weighted by atomic mass is 10.0. The van der Waals surface area contributed by atoms with Crippen LogP contribution >= 0.6 is 0 Å². The molecule has 0 bridgehead atoms. The Morgan fingerprint density at radius 3 is 2.72 bits per heavy atom. The lowest BCUT2D eigenvalue weighted by Gasteiger charge is -2.22. The van der Waals surface area contributed by atoms with Crippen LogP contribution in [0.3, 0.4) is 0 Å². The Hall–Kier alpha value is -1.68. The molecule has 2 nitrogen and oxygen atoms in total. The van der Waals surface area contributed by atoms with Gasteiger partial charge >= 0.3 is 0 Å². The molecule has 2 rings (SSSR count). The summed E-state index contributed by atoms with van der Waals surface area (Å²) in [6, 6.07) is 3.95. The maximum atomic E-state index is 13.1. The second kappa shape index (κ2) is 5.78. The standard InChI is InChI=1S/C14H15F2NO/c1-18-9-8-17-6-4-11(5-7-17)12-2-3-13(15)14(16)10-12/h2-6,10H,7-9H2,1H3. The Morgan fingerprint density at radius 2 is 2.11 bits per heavy atom. The van der Waals surface area contributed by atoms with E-state index in [-0.39, 0.29) is 0 Å². The van der Waals surface area contributed by atoms with Crippen LogP contribution in [0.5, 0.6) is 0 Å². The summed E-state index contributed by atoms with van der Waals surface area (Å²) in [5.74, 6) is -1.63. The highest BCUT2D eigenvalue weighted by Crippen LogP contribution is 2.21. The fourth-order valence-electron chi connectivity index (χ4n) is 1.79. The Kier molecular flexibility index (Phi) is 4.10. The first-order valence-electron chi connectivity index (χ1n) is 5.77. The Bertz CT molecular complexity index is 483. The van der Waals surface area contributed by atoms with Crippen molar-refractivity contribution in [1.82, 2.24) is 4.90 Å². The van der Waals surface area contributed by atoms with Gasteiger partial charge in [-0.3, -0.25) is 0 Å². The van der Waals surface area contributed by atoms with Gasteiger partial charge in [-0.1, -0.05) is 12.1 Å². The van der Waals surface area contributed by atoms with Crippen molar-refractivity contribution in [2.75, 3.05) is 26.8 Å². The number of hydrogen-bond donors (Lipinski definition) is 0. The smallest absolute Gasteiger partial charge is 0.159 e. The summed E-state index contributed by atoms with van der Waals surface area (Å²) < 4.78 is 31.0. The van der Waals surface area contributed by atoms with Crippen LogP contribution < -0.4 is 0 Å². The summed E-state index contributed by atoms with van der Waals surface area (Å²) in [5.41, 5.74) is 1.60. The number of ether oxygens (including phenoxy) is 1. The summed E-state index contributed by atoms with van der Waals surface area (Å²) >= 11 is 0. The molecule has 1 aliphatic rings. The van der Waals surface area contributed by atoms with Gasteiger partial charge in [0, 0.05) is 26.4 Å². The van der Waals surface area contributed by atoms with Crippen molar-refractivity contribution in [3.8, 4) is 0 Å². The number of halogens is 2. The molecule has 4 heteroatoms. The predicted molar refractivity (Wildman–Crippen MR) is 66.9 cm³/mol. The third kappa shape index (κ3) is 2.96. The fourth-order valence-corrected chi connectivity index (χ4v) is 1.79. The normalized spacial score (nSPS) is 14.8. The number of benzene rings is 1. The molecule has 0 saturated carbocycles. The first-order valence-corrected chi connectivity index (χ1v) is 5.77. The van der Waals surface area contributed by atoms with Crippen molar-refractivity contribution in [1.29, 1.82) is 0 Å². The minimum absolute atomic E-state index is 0.665. The van der Waals surface area contributed by atoms with E-state index in [1.54, 1.807) is 13.2 Å². The largest absolute Gasteiger partial charge is 0.383 e. The Balaban J connectivity index is 2.06. The van der Waals surface area contributed by atoms with E-state index in [9.17, 15) is 8.78 Å². The zero-order valence-electron chi connectivity index (χ0n) is 10.2. The third-order valence-electron chi connectivity index (χ3n) is 2.85. The number of methoxy groups -OCH3 is 1. The zero-order chi connectivity index (χ0) is 13.0. The zero-order valence-corrected chi connectivity index (χ0v) is 10.2. The van der Waals surface area contributed by atoms with Crippen LogP contribution in [0.4, 0.5) is 8.78 Å². The van der Waals surface area contributed by atoms with Gasteiger partial charge in [0.15, 0.2) is 11.6 Å². The second-order valence-electron chi connectivity index (χ2n) is 4.09. The SMILES string of the molecule is COCCN1C=CC(c2ccc(F)c(F)c2)=CC1. The predicted octanol–water partition coefficient (Wildman–Crippen LogP) is 2.82. The molecule has 1 aromatic carbocycles. The average Bonchev–Trinajstić information content (AvgIpc) is 2.40. The van der Waals surface area contributed by atoms with E-state index in [0.717, 1.165) is 24.7 Å². The van der Waals surface area contributed by atoms with E-state index >= 15 is 0 Å². The van der Waals surface area contributed by atoms with Gasteiger partial charge < -0.3 is 9.64 Å². The first-order chi connectivity index (χ1) is 8.70. The van der Waals surface area contributed by atoms with Crippen LogP contribution in [0.2, 0.25) is 0 Å². The molecule has 0 fully saturated rings. The number of rotatable bonds is 4. The highest BCUT2D eigenvalue weighted by atomic mass is 19.2. The molecule has 0 saturated heterocycles. The highest BCUT2D eigenvalue weighted by Gasteiger charge is 2.08. The molecule has 18 heavy (non-hydrogen) atoms. The number of hydrogen-bond acceptors (Lipinski definition) is 2. The van der Waals surface area contributed by atoms with Gasteiger partial charge in [-0.05, 0) is 29.3 Å². The summed E-state index contributed by atoms with van der Waals surface area (Å²) in [4.78, 5) is 2.09. The van der Waals surface area contributed by atoms with Crippen LogP contribution in [0.1, 0.15) is 5.56 Å². The van der Waals surface area contributed by atoms with Crippen molar-refractivity contribution in [3.05, 3.63) is 53.7 Å². The summed E-state index contributed by atoms with van der Waals surface area (Å²) in [6.07, 6.45) is 5.82. The van der Waals surface area contributed by atoms with Crippen LogP contribution in [0, 0.1) is 11.6 Å². The molecule has 1 aliphatic heterocycles. The molecule has 96 valence electrons. The fraction of sp³-hybridized carbons (Fsp3) is 0.286. The molecule has 0 radical (unpaired) electrons. The molecule has 0 aliphatic carbocycles. The number of nitrogens with zero attached hydrogens (tertiary/aromatic N) is 1. The molecular formula is C14H15F2NO. The van der Waals surface area contributed by atoms with Gasteiger partial charge in [0.05, 0.1) is 6.61 Å². The van der Waals surface area contributed by atoms with Crippen molar-refractivity contribution >= 4 is 5.57 Å². The van der Waals surface area contributed by atoms with Gasteiger partial charge in [0.2, 0.25) is 0 Å².